The van der Waals surface area contributed by atoms with Gasteiger partial charge in [0.25, 0.3) is 5.91 Å². The van der Waals surface area contributed by atoms with Crippen LogP contribution in [0.1, 0.15) is 41.3 Å². The molecule has 1 aromatic heterocycles. The Morgan fingerprint density at radius 2 is 2.00 bits per heavy atom. The van der Waals surface area contributed by atoms with E-state index < -0.39 is 23.1 Å². The van der Waals surface area contributed by atoms with Gasteiger partial charge >= 0.3 is 6.18 Å². The Morgan fingerprint density at radius 3 is 2.67 bits per heavy atom. The molecular weight excluding hydrogens is 587 g/mol. The lowest BCUT2D eigenvalue weighted by Crippen LogP contribution is -2.56. The summed E-state index contributed by atoms with van der Waals surface area (Å²) in [6, 6.07) is 6.00. The minimum Gasteiger partial charge on any atom is -0.396 e. The maximum atomic E-state index is 13.1. The van der Waals surface area contributed by atoms with Gasteiger partial charge in [0.15, 0.2) is 0 Å². The third kappa shape index (κ3) is 6.47. The molecule has 14 heteroatoms. The number of benzene rings is 1. The molecule has 2 fully saturated rings. The number of hydrogen-bond donors (Lipinski definition) is 3. The van der Waals surface area contributed by atoms with Crippen LogP contribution in [-0.2, 0) is 15.7 Å². The Labute approximate surface area is 251 Å². The summed E-state index contributed by atoms with van der Waals surface area (Å²) in [5, 5.41) is 2.36. The van der Waals surface area contributed by atoms with E-state index in [0.29, 0.717) is 44.1 Å². The van der Waals surface area contributed by atoms with Gasteiger partial charge in [0.2, 0.25) is 5.91 Å². The Bertz CT molecular complexity index is 1520. The standard InChI is InChI=1S/C29H31ClF3N7O3/c1-28(15-43-16-28)27(42)40-9-2-3-17(14-40)13-39-10-8-37-25(35)24(39)23(34)18-4-5-20(21(30)11-18)26(41)38-22-12-19(6-7-36-22)29(31,32)33/h4-8,10-12,17H,2-3,9,13-16,34H2,1H3,(H2,35,37)(H,36,38,41)/b24-23-/t17-/m0/s1. The van der Waals surface area contributed by atoms with Gasteiger partial charge < -0.3 is 31.3 Å². The molecule has 0 saturated carbocycles. The number of pyridine rings is 1. The van der Waals surface area contributed by atoms with Gasteiger partial charge in [-0.2, -0.15) is 13.2 Å². The highest BCUT2D eigenvalue weighted by atomic mass is 35.5. The molecule has 5 rings (SSSR count). The number of rotatable bonds is 6. The summed E-state index contributed by atoms with van der Waals surface area (Å²) in [5.74, 6) is -0.558. The quantitative estimate of drug-likeness (QED) is 0.444. The SMILES string of the molecule is CC1(C(=O)N2CCC[C@@H](CN3C=CN=C(N)/C3=C(/N)c3ccc(C(=O)Nc4cc(C(F)(F)F)ccn4)c(Cl)c3)C2)COC1. The van der Waals surface area contributed by atoms with Crippen LogP contribution in [0.3, 0.4) is 0 Å². The summed E-state index contributed by atoms with van der Waals surface area (Å²) < 4.78 is 44.4. The molecule has 0 aliphatic carbocycles. The van der Waals surface area contributed by atoms with E-state index >= 15 is 0 Å². The first kappa shape index (κ1) is 30.4. The zero-order valence-corrected chi connectivity index (χ0v) is 24.1. The van der Waals surface area contributed by atoms with Crippen molar-refractivity contribution in [2.45, 2.75) is 25.9 Å². The third-order valence-electron chi connectivity index (χ3n) is 7.72. The number of ether oxygens (including phenoxy) is 1. The van der Waals surface area contributed by atoms with Gasteiger partial charge in [-0.3, -0.25) is 9.59 Å². The lowest BCUT2D eigenvalue weighted by Gasteiger charge is -2.43. The number of carbonyl (C=O) groups is 2. The van der Waals surface area contributed by atoms with Crippen molar-refractivity contribution in [2.75, 3.05) is 38.2 Å². The molecule has 2 amide bonds. The summed E-state index contributed by atoms with van der Waals surface area (Å²) in [6.45, 7) is 4.64. The van der Waals surface area contributed by atoms with Crippen LogP contribution in [0.15, 0.2) is 59.6 Å². The molecule has 1 aromatic carbocycles. The van der Waals surface area contributed by atoms with Crippen LogP contribution in [0.2, 0.25) is 5.02 Å². The van der Waals surface area contributed by atoms with E-state index in [1.807, 2.05) is 16.7 Å². The van der Waals surface area contributed by atoms with Crippen LogP contribution in [0.25, 0.3) is 5.70 Å². The van der Waals surface area contributed by atoms with Crippen molar-refractivity contribution in [1.82, 2.24) is 14.8 Å². The Balaban J connectivity index is 1.32. The van der Waals surface area contributed by atoms with Gasteiger partial charge in [-0.05, 0) is 49.9 Å². The number of likely N-dealkylation sites (tertiary alicyclic amines) is 1. The van der Waals surface area contributed by atoms with Gasteiger partial charge in [0, 0.05) is 43.8 Å². The van der Waals surface area contributed by atoms with Crippen molar-refractivity contribution >= 4 is 40.8 Å². The van der Waals surface area contributed by atoms with Crippen LogP contribution in [-0.4, -0.2) is 65.3 Å². The van der Waals surface area contributed by atoms with Gasteiger partial charge in [0.05, 0.1) is 40.5 Å². The molecule has 3 aliphatic rings. The Kier molecular flexibility index (Phi) is 8.39. The molecule has 0 unspecified atom stereocenters. The topological polar surface area (TPSA) is 139 Å². The molecule has 5 N–H and O–H groups in total. The van der Waals surface area contributed by atoms with Crippen molar-refractivity contribution < 1.29 is 27.5 Å². The molecule has 3 aliphatic heterocycles. The molecule has 4 heterocycles. The third-order valence-corrected chi connectivity index (χ3v) is 8.03. The van der Waals surface area contributed by atoms with Crippen molar-refractivity contribution in [3.05, 3.63) is 76.3 Å². The maximum absolute atomic E-state index is 13.1. The second-order valence-electron chi connectivity index (χ2n) is 11.1. The van der Waals surface area contributed by atoms with E-state index in [2.05, 4.69) is 15.3 Å². The number of aliphatic imine (C=N–C) groups is 1. The average Bonchev–Trinajstić information content (AvgIpc) is 2.95. The number of alkyl halides is 3. The predicted molar refractivity (Wildman–Crippen MR) is 155 cm³/mol. The van der Waals surface area contributed by atoms with Crippen LogP contribution in [0.5, 0.6) is 0 Å². The number of nitrogens with two attached hydrogens (primary N) is 2. The van der Waals surface area contributed by atoms with Gasteiger partial charge in [-0.25, -0.2) is 9.98 Å². The summed E-state index contributed by atoms with van der Waals surface area (Å²) in [6.07, 6.45) is 1.51. The van der Waals surface area contributed by atoms with Crippen molar-refractivity contribution in [1.29, 1.82) is 0 Å². The van der Waals surface area contributed by atoms with E-state index in [-0.39, 0.29) is 39.8 Å². The lowest BCUT2D eigenvalue weighted by atomic mass is 9.85. The summed E-state index contributed by atoms with van der Waals surface area (Å²) in [4.78, 5) is 37.7. The fourth-order valence-corrected chi connectivity index (χ4v) is 5.64. The molecule has 2 saturated heterocycles. The highest BCUT2D eigenvalue weighted by Gasteiger charge is 2.44. The molecular formula is C29H31ClF3N7O3. The number of amidine groups is 1. The number of hydrogen-bond acceptors (Lipinski definition) is 8. The predicted octanol–water partition coefficient (Wildman–Crippen LogP) is 4.05. The van der Waals surface area contributed by atoms with Crippen molar-refractivity contribution in [3.63, 3.8) is 0 Å². The summed E-state index contributed by atoms with van der Waals surface area (Å²) in [7, 11) is 0. The van der Waals surface area contributed by atoms with Crippen LogP contribution in [0, 0.1) is 11.3 Å². The van der Waals surface area contributed by atoms with Gasteiger partial charge in [-0.1, -0.05) is 17.7 Å². The number of nitrogens with zero attached hydrogens (tertiary/aromatic N) is 4. The summed E-state index contributed by atoms with van der Waals surface area (Å²) in [5.41, 5.74) is 12.6. The molecule has 0 bridgehead atoms. The second kappa shape index (κ2) is 11.9. The molecule has 10 nitrogen and oxygen atoms in total. The smallest absolute Gasteiger partial charge is 0.396 e. The molecule has 1 atom stereocenters. The van der Waals surface area contributed by atoms with E-state index in [0.717, 1.165) is 31.2 Å². The van der Waals surface area contributed by atoms with E-state index in [4.69, 9.17) is 27.8 Å². The minimum absolute atomic E-state index is 0.0157. The van der Waals surface area contributed by atoms with Crippen LogP contribution >= 0.6 is 11.6 Å². The Morgan fingerprint density at radius 1 is 1.23 bits per heavy atom. The molecule has 228 valence electrons. The second-order valence-corrected chi connectivity index (χ2v) is 11.5. The largest absolute Gasteiger partial charge is 0.416 e. The normalized spacial score (nSPS) is 21.1. The lowest BCUT2D eigenvalue weighted by molar-refractivity contribution is -0.170. The fourth-order valence-electron chi connectivity index (χ4n) is 5.37. The van der Waals surface area contributed by atoms with Crippen molar-refractivity contribution in [2.24, 2.45) is 27.8 Å². The first-order valence-corrected chi connectivity index (χ1v) is 14.0. The number of halogens is 4. The van der Waals surface area contributed by atoms with Gasteiger partial charge in [-0.15, -0.1) is 0 Å². The maximum Gasteiger partial charge on any atom is 0.416 e. The van der Waals surface area contributed by atoms with E-state index in [9.17, 15) is 22.8 Å². The molecule has 43 heavy (non-hydrogen) atoms. The number of piperidine rings is 1. The molecule has 2 aromatic rings. The number of aromatic nitrogens is 1. The zero-order chi connectivity index (χ0) is 30.9. The van der Waals surface area contributed by atoms with E-state index in [1.54, 1.807) is 18.5 Å². The van der Waals surface area contributed by atoms with Crippen molar-refractivity contribution in [3.8, 4) is 0 Å². The monoisotopic (exact) mass is 617 g/mol. The number of carbonyl (C=O) groups excluding carboxylic acids is 2. The fraction of sp³-hybridized carbons (Fsp3) is 0.379. The molecule has 0 radical (unpaired) electrons. The number of anilines is 1. The summed E-state index contributed by atoms with van der Waals surface area (Å²) >= 11 is 6.43. The molecule has 0 spiro atoms. The highest BCUT2D eigenvalue weighted by Crippen LogP contribution is 2.33. The first-order chi connectivity index (χ1) is 20.4. The van der Waals surface area contributed by atoms with E-state index in [1.165, 1.54) is 12.1 Å². The van der Waals surface area contributed by atoms with Crippen LogP contribution in [0.4, 0.5) is 19.0 Å². The van der Waals surface area contributed by atoms with Crippen LogP contribution < -0.4 is 16.8 Å². The first-order valence-electron chi connectivity index (χ1n) is 13.6. The van der Waals surface area contributed by atoms with Gasteiger partial charge in [0.1, 0.15) is 17.4 Å². The average molecular weight is 618 g/mol. The number of nitrogens with one attached hydrogen (secondary N) is 1. The minimum atomic E-state index is -4.59. The number of amides is 2. The zero-order valence-electron chi connectivity index (χ0n) is 23.3. The Hall–Kier alpha value is -4.10. The highest BCUT2D eigenvalue weighted by molar-refractivity contribution is 6.34.